The Bertz CT molecular complexity index is 416. The fraction of sp³-hybridized carbons (Fsp3) is 0.533. The second kappa shape index (κ2) is 6.45. The first-order chi connectivity index (χ1) is 9.24. The van der Waals surface area contributed by atoms with Crippen molar-refractivity contribution in [3.05, 3.63) is 24.3 Å². The van der Waals surface area contributed by atoms with Gasteiger partial charge in [-0.05, 0) is 44.0 Å². The molecule has 0 bridgehead atoms. The Balaban J connectivity index is 1.99. The predicted octanol–water partition coefficient (Wildman–Crippen LogP) is 3.60. The number of hydrogen-bond acceptors (Lipinski definition) is 3. The molecule has 1 aromatic rings. The number of carbonyl (C=O) groups is 1. The summed E-state index contributed by atoms with van der Waals surface area (Å²) in [7, 11) is 0. The molecule has 1 aliphatic heterocycles. The molecule has 1 saturated heterocycles. The minimum absolute atomic E-state index is 0.0269. The van der Waals surface area contributed by atoms with Crippen LogP contribution in [0, 0.1) is 0 Å². The van der Waals surface area contributed by atoms with Crippen LogP contribution >= 0.6 is 0 Å². The lowest BCUT2D eigenvalue weighted by atomic mass is 10.1. The van der Waals surface area contributed by atoms with Crippen LogP contribution in [-0.2, 0) is 4.74 Å². The van der Waals surface area contributed by atoms with Crippen LogP contribution < -0.4 is 9.64 Å². The average Bonchev–Trinajstić information content (AvgIpc) is 2.79. The van der Waals surface area contributed by atoms with Crippen molar-refractivity contribution >= 4 is 11.8 Å². The van der Waals surface area contributed by atoms with Crippen LogP contribution in [0.2, 0.25) is 0 Å². The second-order valence-electron chi connectivity index (χ2n) is 4.69. The summed E-state index contributed by atoms with van der Waals surface area (Å²) in [6.45, 7) is 5.38. The van der Waals surface area contributed by atoms with Crippen LogP contribution in [-0.4, -0.2) is 25.3 Å². The third-order valence-electron chi connectivity index (χ3n) is 3.21. The van der Waals surface area contributed by atoms with Crippen molar-refractivity contribution in [3.8, 4) is 5.75 Å². The van der Waals surface area contributed by atoms with Gasteiger partial charge in [-0.3, -0.25) is 4.90 Å². The zero-order valence-electron chi connectivity index (χ0n) is 11.6. The van der Waals surface area contributed by atoms with E-state index in [1.165, 1.54) is 0 Å². The molecule has 1 heterocycles. The minimum atomic E-state index is -0.245. The summed E-state index contributed by atoms with van der Waals surface area (Å²) in [6, 6.07) is 7.56. The fourth-order valence-corrected chi connectivity index (χ4v) is 2.20. The molecular formula is C15H21NO3. The number of ether oxygens (including phenoxy) is 2. The van der Waals surface area contributed by atoms with Gasteiger partial charge in [0.05, 0.1) is 13.2 Å². The molecule has 1 unspecified atom stereocenters. The molecule has 1 atom stereocenters. The minimum Gasteiger partial charge on any atom is -0.494 e. The van der Waals surface area contributed by atoms with E-state index in [1.54, 1.807) is 4.90 Å². The molecule has 0 spiro atoms. The average molecular weight is 263 g/mol. The Morgan fingerprint density at radius 1 is 1.32 bits per heavy atom. The third kappa shape index (κ3) is 3.40. The first-order valence-corrected chi connectivity index (χ1v) is 6.95. The predicted molar refractivity (Wildman–Crippen MR) is 74.8 cm³/mol. The maximum absolute atomic E-state index is 11.8. The van der Waals surface area contributed by atoms with Gasteiger partial charge in [-0.2, -0.15) is 0 Å². The molecule has 1 amide bonds. The molecule has 1 fully saturated rings. The van der Waals surface area contributed by atoms with Crippen molar-refractivity contribution in [1.29, 1.82) is 0 Å². The smallest absolute Gasteiger partial charge is 0.414 e. The number of benzene rings is 1. The van der Waals surface area contributed by atoms with Gasteiger partial charge in [0, 0.05) is 5.69 Å². The molecule has 0 N–H and O–H groups in total. The Morgan fingerprint density at radius 2 is 2.05 bits per heavy atom. The molecule has 104 valence electrons. The first-order valence-electron chi connectivity index (χ1n) is 6.95. The molecule has 0 saturated carbocycles. The lowest BCUT2D eigenvalue weighted by Crippen LogP contribution is -2.24. The molecule has 0 radical (unpaired) electrons. The summed E-state index contributed by atoms with van der Waals surface area (Å²) in [5.74, 6) is 0.821. The van der Waals surface area contributed by atoms with E-state index in [4.69, 9.17) is 9.47 Å². The van der Waals surface area contributed by atoms with Gasteiger partial charge in [-0.25, -0.2) is 4.79 Å². The Hall–Kier alpha value is -1.71. The Kier molecular flexibility index (Phi) is 4.66. The quantitative estimate of drug-likeness (QED) is 0.787. The number of rotatable bonds is 6. The molecule has 2 rings (SSSR count). The maximum Gasteiger partial charge on any atom is 0.414 e. The summed E-state index contributed by atoms with van der Waals surface area (Å²) >= 11 is 0. The van der Waals surface area contributed by atoms with E-state index in [0.29, 0.717) is 13.2 Å². The monoisotopic (exact) mass is 263 g/mol. The highest BCUT2D eigenvalue weighted by Gasteiger charge is 2.31. The zero-order valence-corrected chi connectivity index (χ0v) is 11.6. The Morgan fingerprint density at radius 3 is 2.68 bits per heavy atom. The van der Waals surface area contributed by atoms with Crippen molar-refractivity contribution in [3.63, 3.8) is 0 Å². The largest absolute Gasteiger partial charge is 0.494 e. The van der Waals surface area contributed by atoms with Gasteiger partial charge >= 0.3 is 6.09 Å². The molecule has 4 nitrogen and oxygen atoms in total. The highest BCUT2D eigenvalue weighted by Crippen LogP contribution is 2.25. The van der Waals surface area contributed by atoms with Crippen LogP contribution in [0.25, 0.3) is 0 Å². The first kappa shape index (κ1) is 13.7. The number of anilines is 1. The van der Waals surface area contributed by atoms with Crippen LogP contribution in [0.15, 0.2) is 24.3 Å². The number of amides is 1. The van der Waals surface area contributed by atoms with Gasteiger partial charge in [-0.1, -0.05) is 13.3 Å². The molecule has 1 aliphatic rings. The summed E-state index contributed by atoms with van der Waals surface area (Å²) in [5, 5.41) is 0. The number of hydrogen-bond donors (Lipinski definition) is 0. The van der Waals surface area contributed by atoms with E-state index in [9.17, 15) is 4.79 Å². The van der Waals surface area contributed by atoms with Crippen LogP contribution in [0.5, 0.6) is 5.75 Å². The van der Waals surface area contributed by atoms with Crippen molar-refractivity contribution in [2.75, 3.05) is 18.1 Å². The molecular weight excluding hydrogens is 242 g/mol. The highest BCUT2D eigenvalue weighted by molar-refractivity contribution is 5.89. The maximum atomic E-state index is 11.8. The number of nitrogens with zero attached hydrogens (tertiary/aromatic N) is 1. The van der Waals surface area contributed by atoms with Crippen LogP contribution in [0.3, 0.4) is 0 Å². The summed E-state index contributed by atoms with van der Waals surface area (Å²) in [5.41, 5.74) is 0.868. The zero-order chi connectivity index (χ0) is 13.7. The summed E-state index contributed by atoms with van der Waals surface area (Å²) in [4.78, 5) is 13.5. The van der Waals surface area contributed by atoms with Gasteiger partial charge in [-0.15, -0.1) is 0 Å². The standard InChI is InChI=1S/C15H21NO3/c1-3-5-6-14-11-16(15(17)19-14)12-7-9-13(10-8-12)18-4-2/h7-10,14H,3-6,11H2,1-2H3. The van der Waals surface area contributed by atoms with Gasteiger partial charge in [0.25, 0.3) is 0 Å². The molecule has 19 heavy (non-hydrogen) atoms. The van der Waals surface area contributed by atoms with Gasteiger partial charge in [0.15, 0.2) is 0 Å². The van der Waals surface area contributed by atoms with E-state index in [1.807, 2.05) is 31.2 Å². The molecule has 4 heteroatoms. The number of unbranched alkanes of at least 4 members (excludes halogenated alkanes) is 1. The Labute approximate surface area is 114 Å². The van der Waals surface area contributed by atoms with Crippen molar-refractivity contribution in [2.24, 2.45) is 0 Å². The molecule has 1 aromatic carbocycles. The highest BCUT2D eigenvalue weighted by atomic mass is 16.6. The second-order valence-corrected chi connectivity index (χ2v) is 4.69. The molecule has 0 aliphatic carbocycles. The van der Waals surface area contributed by atoms with Crippen LogP contribution in [0.1, 0.15) is 33.1 Å². The third-order valence-corrected chi connectivity index (χ3v) is 3.21. The van der Waals surface area contributed by atoms with E-state index in [2.05, 4.69) is 6.92 Å². The number of cyclic esters (lactones) is 1. The van der Waals surface area contributed by atoms with E-state index in [0.717, 1.165) is 30.7 Å². The SMILES string of the molecule is CCCCC1CN(c2ccc(OCC)cc2)C(=O)O1. The summed E-state index contributed by atoms with van der Waals surface area (Å²) < 4.78 is 10.8. The van der Waals surface area contributed by atoms with E-state index >= 15 is 0 Å². The van der Waals surface area contributed by atoms with Crippen molar-refractivity contribution in [1.82, 2.24) is 0 Å². The van der Waals surface area contributed by atoms with E-state index in [-0.39, 0.29) is 12.2 Å². The van der Waals surface area contributed by atoms with Gasteiger partial charge in [0.2, 0.25) is 0 Å². The fourth-order valence-electron chi connectivity index (χ4n) is 2.20. The van der Waals surface area contributed by atoms with Crippen LogP contribution in [0.4, 0.5) is 10.5 Å². The lowest BCUT2D eigenvalue weighted by Gasteiger charge is -2.13. The van der Waals surface area contributed by atoms with Gasteiger partial charge in [0.1, 0.15) is 11.9 Å². The normalized spacial score (nSPS) is 18.5. The lowest BCUT2D eigenvalue weighted by molar-refractivity contribution is 0.135. The van der Waals surface area contributed by atoms with Crippen molar-refractivity contribution < 1.29 is 14.3 Å². The van der Waals surface area contributed by atoms with Crippen molar-refractivity contribution in [2.45, 2.75) is 39.2 Å². The number of carbonyl (C=O) groups excluding carboxylic acids is 1. The van der Waals surface area contributed by atoms with Gasteiger partial charge < -0.3 is 9.47 Å². The summed E-state index contributed by atoms with van der Waals surface area (Å²) in [6.07, 6.45) is 2.94. The topological polar surface area (TPSA) is 38.8 Å². The molecule has 0 aromatic heterocycles. The van der Waals surface area contributed by atoms with E-state index < -0.39 is 0 Å².